The number of nitro groups is 1. The number of rotatable bonds is 5. The summed E-state index contributed by atoms with van der Waals surface area (Å²) in [5.74, 6) is 0.389. The quantitative estimate of drug-likeness (QED) is 0.426. The Morgan fingerprint density at radius 2 is 2.00 bits per heavy atom. The van der Waals surface area contributed by atoms with Crippen LogP contribution in [0.5, 0.6) is 0 Å². The van der Waals surface area contributed by atoms with Gasteiger partial charge in [-0.25, -0.2) is 4.79 Å². The Morgan fingerprint density at radius 1 is 1.34 bits per heavy atom. The Kier molecular flexibility index (Phi) is 6.27. The zero-order chi connectivity index (χ0) is 21.2. The highest BCUT2D eigenvalue weighted by atomic mass is 35.5. The minimum atomic E-state index is -0.547. The Bertz CT molecular complexity index is 774. The Morgan fingerprint density at radius 3 is 2.59 bits per heavy atom. The third kappa shape index (κ3) is 5.36. The fraction of sp³-hybridized carbons (Fsp3) is 0.706. The van der Waals surface area contributed by atoms with Gasteiger partial charge in [-0.2, -0.15) is 9.97 Å². The van der Waals surface area contributed by atoms with E-state index in [1.807, 2.05) is 20.8 Å². The van der Waals surface area contributed by atoms with Crippen molar-refractivity contribution in [3.8, 4) is 0 Å². The molecule has 1 N–H and O–H groups in total. The van der Waals surface area contributed by atoms with E-state index in [0.29, 0.717) is 45.9 Å². The molecule has 12 heteroatoms. The normalized spacial score (nSPS) is 17.7. The highest BCUT2D eigenvalue weighted by molar-refractivity contribution is 6.28. The van der Waals surface area contributed by atoms with Crippen LogP contribution < -0.4 is 10.2 Å². The van der Waals surface area contributed by atoms with Crippen LogP contribution in [-0.2, 0) is 9.47 Å². The molecule has 2 aliphatic heterocycles. The molecule has 0 saturated carbocycles. The predicted octanol–water partition coefficient (Wildman–Crippen LogP) is 2.15. The molecule has 2 aliphatic rings. The molecule has 0 aliphatic carbocycles. The average molecular weight is 429 g/mol. The van der Waals surface area contributed by atoms with Gasteiger partial charge in [0.05, 0.1) is 18.1 Å². The van der Waals surface area contributed by atoms with Gasteiger partial charge in [0.15, 0.2) is 0 Å². The molecule has 3 heterocycles. The summed E-state index contributed by atoms with van der Waals surface area (Å²) < 4.78 is 10.6. The van der Waals surface area contributed by atoms with Crippen molar-refractivity contribution in [3.63, 3.8) is 0 Å². The van der Waals surface area contributed by atoms with Crippen molar-refractivity contribution >= 4 is 35.0 Å². The van der Waals surface area contributed by atoms with Crippen LogP contribution in [-0.4, -0.2) is 77.4 Å². The van der Waals surface area contributed by atoms with E-state index in [0.717, 1.165) is 0 Å². The summed E-state index contributed by atoms with van der Waals surface area (Å²) in [6.07, 6.45) is -0.362. The van der Waals surface area contributed by atoms with Gasteiger partial charge < -0.3 is 24.6 Å². The number of nitrogens with zero attached hydrogens (tertiary/aromatic N) is 5. The number of nitrogens with one attached hydrogen (secondary N) is 1. The molecule has 2 fully saturated rings. The number of likely N-dealkylation sites (tertiary alicyclic amines) is 1. The van der Waals surface area contributed by atoms with Gasteiger partial charge in [-0.1, -0.05) is 0 Å². The molecular weight excluding hydrogens is 404 g/mol. The fourth-order valence-electron chi connectivity index (χ4n) is 3.12. The van der Waals surface area contributed by atoms with Gasteiger partial charge in [-0.15, -0.1) is 0 Å². The summed E-state index contributed by atoms with van der Waals surface area (Å²) >= 11 is 6.02. The summed E-state index contributed by atoms with van der Waals surface area (Å²) in [6, 6.07) is 0. The maximum Gasteiger partial charge on any atom is 0.410 e. The van der Waals surface area contributed by atoms with Crippen molar-refractivity contribution in [1.82, 2.24) is 14.9 Å². The molecule has 2 saturated heterocycles. The second-order valence-electron chi connectivity index (χ2n) is 8.00. The Labute approximate surface area is 173 Å². The molecule has 3 rings (SSSR count). The number of aromatic nitrogens is 2. The molecular formula is C17H25ClN6O5. The SMILES string of the molecule is CC(C)(C)OC(=O)N1CC(CNc2nc(Cl)nc(N3CCOCC3)c2[N+](=O)[O-])C1. The van der Waals surface area contributed by atoms with Crippen LogP contribution >= 0.6 is 11.6 Å². The van der Waals surface area contributed by atoms with Gasteiger partial charge in [0.1, 0.15) is 5.60 Å². The third-order valence-electron chi connectivity index (χ3n) is 4.50. The fourth-order valence-corrected chi connectivity index (χ4v) is 3.28. The van der Waals surface area contributed by atoms with Crippen LogP contribution in [0, 0.1) is 16.0 Å². The molecule has 1 amide bonds. The number of halogens is 1. The van der Waals surface area contributed by atoms with Crippen LogP contribution in [0.3, 0.4) is 0 Å². The van der Waals surface area contributed by atoms with Gasteiger partial charge in [0.25, 0.3) is 0 Å². The van der Waals surface area contributed by atoms with Crippen molar-refractivity contribution < 1.29 is 19.2 Å². The minimum absolute atomic E-state index is 0.0661. The number of carbonyl (C=O) groups is 1. The largest absolute Gasteiger partial charge is 0.444 e. The zero-order valence-electron chi connectivity index (χ0n) is 16.7. The molecule has 1 aromatic rings. The molecule has 11 nitrogen and oxygen atoms in total. The summed E-state index contributed by atoms with van der Waals surface area (Å²) in [4.78, 5) is 34.7. The highest BCUT2D eigenvalue weighted by Crippen LogP contribution is 2.34. The average Bonchev–Trinajstić information content (AvgIpc) is 2.58. The topological polar surface area (TPSA) is 123 Å². The zero-order valence-corrected chi connectivity index (χ0v) is 17.4. The van der Waals surface area contributed by atoms with Gasteiger partial charge in [0.2, 0.25) is 16.9 Å². The first kappa shape index (κ1) is 21.3. The van der Waals surface area contributed by atoms with E-state index in [1.54, 1.807) is 9.80 Å². The lowest BCUT2D eigenvalue weighted by Gasteiger charge is -2.39. The van der Waals surface area contributed by atoms with Crippen molar-refractivity contribution in [1.29, 1.82) is 0 Å². The number of amides is 1. The lowest BCUT2D eigenvalue weighted by molar-refractivity contribution is -0.383. The number of ether oxygens (including phenoxy) is 2. The second-order valence-corrected chi connectivity index (χ2v) is 8.34. The highest BCUT2D eigenvalue weighted by Gasteiger charge is 2.35. The summed E-state index contributed by atoms with van der Waals surface area (Å²) in [5.41, 5.74) is -0.756. The van der Waals surface area contributed by atoms with Crippen LogP contribution in [0.25, 0.3) is 0 Å². The molecule has 0 aromatic carbocycles. The van der Waals surface area contributed by atoms with Crippen LogP contribution in [0.4, 0.5) is 22.1 Å². The molecule has 0 unspecified atom stereocenters. The second kappa shape index (κ2) is 8.54. The number of anilines is 2. The summed E-state index contributed by atoms with van der Waals surface area (Å²) in [7, 11) is 0. The molecule has 0 atom stereocenters. The molecule has 0 bridgehead atoms. The van der Waals surface area contributed by atoms with E-state index >= 15 is 0 Å². The molecule has 1 aromatic heterocycles. The maximum atomic E-state index is 12.0. The van der Waals surface area contributed by atoms with Crippen molar-refractivity contribution in [3.05, 3.63) is 15.4 Å². The Balaban J connectivity index is 1.65. The van der Waals surface area contributed by atoms with Crippen molar-refractivity contribution in [2.75, 3.05) is 56.2 Å². The lowest BCUT2D eigenvalue weighted by Crippen LogP contribution is -2.53. The first-order valence-corrected chi connectivity index (χ1v) is 9.78. The van der Waals surface area contributed by atoms with Gasteiger partial charge in [-0.3, -0.25) is 10.1 Å². The van der Waals surface area contributed by atoms with Crippen LogP contribution in [0.15, 0.2) is 0 Å². The molecule has 29 heavy (non-hydrogen) atoms. The van der Waals surface area contributed by atoms with E-state index in [2.05, 4.69) is 15.3 Å². The van der Waals surface area contributed by atoms with Crippen LogP contribution in [0.1, 0.15) is 20.8 Å². The van der Waals surface area contributed by atoms with Crippen molar-refractivity contribution in [2.24, 2.45) is 5.92 Å². The minimum Gasteiger partial charge on any atom is -0.444 e. The summed E-state index contributed by atoms with van der Waals surface area (Å²) in [5, 5.41) is 14.7. The number of hydrogen-bond donors (Lipinski definition) is 1. The van der Waals surface area contributed by atoms with Gasteiger partial charge >= 0.3 is 11.8 Å². The van der Waals surface area contributed by atoms with E-state index in [1.165, 1.54) is 0 Å². The first-order valence-electron chi connectivity index (χ1n) is 9.40. The van der Waals surface area contributed by atoms with Gasteiger partial charge in [0, 0.05) is 38.6 Å². The predicted molar refractivity (Wildman–Crippen MR) is 107 cm³/mol. The number of carbonyl (C=O) groups excluding carboxylic acids is 1. The van der Waals surface area contributed by atoms with E-state index in [4.69, 9.17) is 21.1 Å². The van der Waals surface area contributed by atoms with E-state index in [9.17, 15) is 14.9 Å². The van der Waals surface area contributed by atoms with Crippen molar-refractivity contribution in [2.45, 2.75) is 26.4 Å². The molecule has 160 valence electrons. The smallest absolute Gasteiger partial charge is 0.410 e. The van der Waals surface area contributed by atoms with E-state index in [-0.39, 0.29) is 34.6 Å². The standard InChI is InChI=1S/C17H25ClN6O5/c1-17(2,3)29-16(25)23-9-11(10-23)8-19-13-12(24(26)27)14(21-15(18)20-13)22-4-6-28-7-5-22/h11H,4-10H2,1-3H3,(H,19,20,21). The number of hydrogen-bond acceptors (Lipinski definition) is 9. The maximum absolute atomic E-state index is 12.0. The van der Waals surface area contributed by atoms with Crippen LogP contribution in [0.2, 0.25) is 5.28 Å². The Hall–Kier alpha value is -2.40. The van der Waals surface area contributed by atoms with E-state index < -0.39 is 10.5 Å². The van der Waals surface area contributed by atoms with Gasteiger partial charge in [-0.05, 0) is 32.4 Å². The molecule has 0 radical (unpaired) electrons. The summed E-state index contributed by atoms with van der Waals surface area (Å²) in [6.45, 7) is 8.76. The molecule has 0 spiro atoms. The lowest BCUT2D eigenvalue weighted by atomic mass is 10.0. The third-order valence-corrected chi connectivity index (χ3v) is 4.67. The first-order chi connectivity index (χ1) is 13.6. The monoisotopic (exact) mass is 428 g/mol. The number of morpholine rings is 1.